The second-order valence-corrected chi connectivity index (χ2v) is 9.12. The van der Waals surface area contributed by atoms with E-state index in [0.29, 0.717) is 6.42 Å². The van der Waals surface area contributed by atoms with E-state index in [1.54, 1.807) is 0 Å². The van der Waals surface area contributed by atoms with Crippen molar-refractivity contribution in [3.8, 4) is 0 Å². The highest BCUT2D eigenvalue weighted by atomic mass is 32.1. The van der Waals surface area contributed by atoms with Gasteiger partial charge in [0.2, 0.25) is 5.91 Å². The summed E-state index contributed by atoms with van der Waals surface area (Å²) >= 11 is 3.95. The van der Waals surface area contributed by atoms with Crippen molar-refractivity contribution in [2.45, 2.75) is 141 Å². The quantitative estimate of drug-likeness (QED) is 0.115. The Morgan fingerprint density at radius 2 is 1.00 bits per heavy atom. The first-order valence-corrected chi connectivity index (χ1v) is 13.4. The Bertz CT molecular complexity index is 404. The number of hydrogen-bond donors (Lipinski definition) is 3. The molecular weight excluding hydrogens is 394 g/mol. The average molecular weight is 444 g/mol. The number of carboxylic acid groups (broad SMARTS) is 1. The van der Waals surface area contributed by atoms with Crippen LogP contribution in [0.15, 0.2) is 0 Å². The molecule has 0 unspecified atom stereocenters. The number of carboxylic acids is 1. The first kappa shape index (κ1) is 29.3. The monoisotopic (exact) mass is 443 g/mol. The molecule has 4 nitrogen and oxygen atoms in total. The summed E-state index contributed by atoms with van der Waals surface area (Å²) < 4.78 is 0. The van der Waals surface area contributed by atoms with Gasteiger partial charge in [0.25, 0.3) is 0 Å². The predicted molar refractivity (Wildman–Crippen MR) is 131 cm³/mol. The molecule has 0 aromatic heterocycles. The minimum Gasteiger partial charge on any atom is -0.480 e. The molecule has 0 saturated carbocycles. The van der Waals surface area contributed by atoms with Crippen LogP contribution in [0.4, 0.5) is 0 Å². The van der Waals surface area contributed by atoms with Gasteiger partial charge in [-0.15, -0.1) is 0 Å². The van der Waals surface area contributed by atoms with E-state index in [0.717, 1.165) is 12.8 Å². The minimum absolute atomic E-state index is 0.125. The number of carbonyl (C=O) groups excluding carboxylic acids is 1. The van der Waals surface area contributed by atoms with Crippen molar-refractivity contribution >= 4 is 24.5 Å². The third kappa shape index (κ3) is 20.6. The van der Waals surface area contributed by atoms with E-state index in [4.69, 9.17) is 5.11 Å². The Hall–Kier alpha value is -0.710. The Kier molecular flexibility index (Phi) is 22.4. The zero-order valence-electron chi connectivity index (χ0n) is 19.6. The molecule has 0 rings (SSSR count). The molecule has 0 aliphatic rings. The fraction of sp³-hybridized carbons (Fsp3) is 0.920. The summed E-state index contributed by atoms with van der Waals surface area (Å²) in [7, 11) is 0. The maximum Gasteiger partial charge on any atom is 0.327 e. The lowest BCUT2D eigenvalue weighted by molar-refractivity contribution is -0.141. The van der Waals surface area contributed by atoms with Crippen molar-refractivity contribution < 1.29 is 14.7 Å². The van der Waals surface area contributed by atoms with Gasteiger partial charge in [0, 0.05) is 12.2 Å². The largest absolute Gasteiger partial charge is 0.480 e. The van der Waals surface area contributed by atoms with Crippen molar-refractivity contribution in [1.82, 2.24) is 5.32 Å². The van der Waals surface area contributed by atoms with Crippen molar-refractivity contribution in [1.29, 1.82) is 0 Å². The van der Waals surface area contributed by atoms with Crippen LogP contribution in [0.2, 0.25) is 0 Å². The predicted octanol–water partition coefficient (Wildman–Crippen LogP) is 7.31. The van der Waals surface area contributed by atoms with Crippen LogP contribution < -0.4 is 5.32 Å². The Labute approximate surface area is 191 Å². The normalized spacial score (nSPS) is 12.1. The lowest BCUT2D eigenvalue weighted by atomic mass is 10.0. The molecule has 0 aromatic rings. The Morgan fingerprint density at radius 1 is 0.667 bits per heavy atom. The van der Waals surface area contributed by atoms with Gasteiger partial charge in [0.05, 0.1) is 0 Å². The number of amides is 1. The molecule has 2 N–H and O–H groups in total. The standard InChI is InChI=1S/C25H49NO3S/c1-2-3-4-5-6-7-8-9-10-11-12-13-14-15-16-17-18-19-20-21-24(27)26-23(22-30)25(28)29/h23,30H,2-22H2,1H3,(H,26,27)(H,28,29)/t23-/m0/s1. The summed E-state index contributed by atoms with van der Waals surface area (Å²) in [5, 5.41) is 11.4. The van der Waals surface area contributed by atoms with Crippen LogP contribution in [0.3, 0.4) is 0 Å². The number of aliphatic carboxylic acids is 1. The maximum atomic E-state index is 11.7. The summed E-state index contributed by atoms with van der Waals surface area (Å²) in [5.41, 5.74) is 0. The molecule has 5 heteroatoms. The molecule has 0 fully saturated rings. The minimum atomic E-state index is -1.02. The topological polar surface area (TPSA) is 66.4 Å². The molecule has 30 heavy (non-hydrogen) atoms. The lowest BCUT2D eigenvalue weighted by Gasteiger charge is -2.11. The molecule has 1 atom stereocenters. The van der Waals surface area contributed by atoms with E-state index < -0.39 is 12.0 Å². The van der Waals surface area contributed by atoms with Crippen LogP contribution in [0.25, 0.3) is 0 Å². The SMILES string of the molecule is CCCCCCCCCCCCCCCCCCCCCC(=O)N[C@@H](CS)C(=O)O. The molecule has 0 heterocycles. The Balaban J connectivity index is 3.21. The maximum absolute atomic E-state index is 11.7. The van der Waals surface area contributed by atoms with Crippen molar-refractivity contribution in [3.63, 3.8) is 0 Å². The number of hydrogen-bond acceptors (Lipinski definition) is 3. The second-order valence-electron chi connectivity index (χ2n) is 8.75. The molecule has 0 radical (unpaired) electrons. The average Bonchev–Trinajstić information content (AvgIpc) is 2.73. The third-order valence-corrected chi connectivity index (χ3v) is 6.19. The Morgan fingerprint density at radius 3 is 1.30 bits per heavy atom. The third-order valence-electron chi connectivity index (χ3n) is 5.82. The zero-order valence-corrected chi connectivity index (χ0v) is 20.5. The molecule has 0 aromatic carbocycles. The highest BCUT2D eigenvalue weighted by Crippen LogP contribution is 2.14. The van der Waals surface area contributed by atoms with Crippen LogP contribution in [-0.4, -0.2) is 28.8 Å². The summed E-state index contributed by atoms with van der Waals surface area (Å²) in [6.07, 6.45) is 25.7. The summed E-state index contributed by atoms with van der Waals surface area (Å²) in [4.78, 5) is 22.5. The highest BCUT2D eigenvalue weighted by Gasteiger charge is 2.17. The molecule has 0 bridgehead atoms. The summed E-state index contributed by atoms with van der Waals surface area (Å²) in [6.45, 7) is 2.28. The van der Waals surface area contributed by atoms with E-state index in [1.807, 2.05) is 0 Å². The van der Waals surface area contributed by atoms with E-state index in [1.165, 1.54) is 109 Å². The fourth-order valence-electron chi connectivity index (χ4n) is 3.82. The van der Waals surface area contributed by atoms with E-state index in [2.05, 4.69) is 24.9 Å². The zero-order chi connectivity index (χ0) is 22.3. The van der Waals surface area contributed by atoms with E-state index >= 15 is 0 Å². The van der Waals surface area contributed by atoms with Gasteiger partial charge in [0.1, 0.15) is 6.04 Å². The summed E-state index contributed by atoms with van der Waals surface area (Å²) in [5.74, 6) is -1.07. The highest BCUT2D eigenvalue weighted by molar-refractivity contribution is 7.80. The van der Waals surface area contributed by atoms with Crippen molar-refractivity contribution in [3.05, 3.63) is 0 Å². The second kappa shape index (κ2) is 23.0. The number of nitrogens with one attached hydrogen (secondary N) is 1. The van der Waals surface area contributed by atoms with Crippen molar-refractivity contribution in [2.75, 3.05) is 5.75 Å². The van der Waals surface area contributed by atoms with E-state index in [9.17, 15) is 9.59 Å². The molecule has 178 valence electrons. The van der Waals surface area contributed by atoms with Gasteiger partial charge in [-0.25, -0.2) is 4.79 Å². The van der Waals surface area contributed by atoms with Crippen LogP contribution in [0.5, 0.6) is 0 Å². The summed E-state index contributed by atoms with van der Waals surface area (Å²) in [6, 6.07) is -0.874. The van der Waals surface area contributed by atoms with E-state index in [-0.39, 0.29) is 11.7 Å². The van der Waals surface area contributed by atoms with Gasteiger partial charge in [-0.05, 0) is 6.42 Å². The molecular formula is C25H49NO3S. The van der Waals surface area contributed by atoms with Crippen LogP contribution in [0, 0.1) is 0 Å². The van der Waals surface area contributed by atoms with Gasteiger partial charge in [-0.3, -0.25) is 4.79 Å². The number of unbranched alkanes of at least 4 members (excludes halogenated alkanes) is 18. The van der Waals surface area contributed by atoms with Gasteiger partial charge in [0.15, 0.2) is 0 Å². The number of thiol groups is 1. The lowest BCUT2D eigenvalue weighted by Crippen LogP contribution is -2.42. The first-order chi connectivity index (χ1) is 14.6. The van der Waals surface area contributed by atoms with Crippen LogP contribution >= 0.6 is 12.6 Å². The van der Waals surface area contributed by atoms with Crippen LogP contribution in [-0.2, 0) is 9.59 Å². The first-order valence-electron chi connectivity index (χ1n) is 12.7. The smallest absolute Gasteiger partial charge is 0.327 e. The van der Waals surface area contributed by atoms with Gasteiger partial charge >= 0.3 is 5.97 Å². The molecule has 1 amide bonds. The molecule has 0 spiro atoms. The number of rotatable bonds is 23. The fourth-order valence-corrected chi connectivity index (χ4v) is 4.06. The molecule has 0 saturated heterocycles. The van der Waals surface area contributed by atoms with Gasteiger partial charge in [-0.2, -0.15) is 12.6 Å². The molecule has 0 aliphatic heterocycles. The van der Waals surface area contributed by atoms with Gasteiger partial charge < -0.3 is 10.4 Å². The number of carbonyl (C=O) groups is 2. The van der Waals surface area contributed by atoms with Crippen molar-refractivity contribution in [2.24, 2.45) is 0 Å². The molecule has 0 aliphatic carbocycles. The van der Waals surface area contributed by atoms with Gasteiger partial charge in [-0.1, -0.05) is 122 Å². The van der Waals surface area contributed by atoms with Crippen LogP contribution in [0.1, 0.15) is 135 Å².